The number of nitrogens with one attached hydrogen (secondary N) is 3. The molecule has 5 nitrogen and oxygen atoms in total. The van der Waals surface area contributed by atoms with Gasteiger partial charge in [0.05, 0.1) is 11.0 Å². The number of aromatic amines is 1. The van der Waals surface area contributed by atoms with Gasteiger partial charge >= 0.3 is 0 Å². The number of carbonyl (C=O) groups is 2. The second-order valence-corrected chi connectivity index (χ2v) is 7.11. The Morgan fingerprint density at radius 2 is 1.92 bits per heavy atom. The maximum absolute atomic E-state index is 13.6. The molecular formula is C20H18FN3O2. The van der Waals surface area contributed by atoms with E-state index >= 15 is 0 Å². The summed E-state index contributed by atoms with van der Waals surface area (Å²) in [5.74, 6) is -0.789. The average Bonchev–Trinajstić information content (AvgIpc) is 3.01. The normalized spacial score (nSPS) is 15.0. The van der Waals surface area contributed by atoms with Gasteiger partial charge in [0.2, 0.25) is 5.91 Å². The van der Waals surface area contributed by atoms with Gasteiger partial charge in [-0.1, -0.05) is 0 Å². The first-order valence-corrected chi connectivity index (χ1v) is 8.32. The predicted molar refractivity (Wildman–Crippen MR) is 99.0 cm³/mol. The maximum atomic E-state index is 13.6. The molecule has 0 atom stereocenters. The summed E-state index contributed by atoms with van der Waals surface area (Å²) >= 11 is 0. The number of carbonyl (C=O) groups excluding carboxylic acids is 2. The van der Waals surface area contributed by atoms with Crippen LogP contribution in [0.15, 0.2) is 36.4 Å². The molecule has 0 saturated heterocycles. The molecule has 26 heavy (non-hydrogen) atoms. The van der Waals surface area contributed by atoms with Crippen molar-refractivity contribution in [3.05, 3.63) is 59.0 Å². The third kappa shape index (κ3) is 2.37. The second-order valence-electron chi connectivity index (χ2n) is 7.11. The van der Waals surface area contributed by atoms with Crippen LogP contribution in [0.1, 0.15) is 35.5 Å². The summed E-state index contributed by atoms with van der Waals surface area (Å²) in [5.41, 5.74) is 3.30. The Balaban J connectivity index is 1.70. The molecule has 4 rings (SSSR count). The molecule has 1 aliphatic rings. The summed E-state index contributed by atoms with van der Waals surface area (Å²) in [6, 6.07) is 9.64. The van der Waals surface area contributed by atoms with Crippen molar-refractivity contribution in [2.24, 2.45) is 0 Å². The number of hydrogen-bond donors (Lipinski definition) is 3. The maximum Gasteiger partial charge on any atom is 0.258 e. The van der Waals surface area contributed by atoms with E-state index in [-0.39, 0.29) is 11.8 Å². The third-order valence-electron chi connectivity index (χ3n) is 4.94. The third-order valence-corrected chi connectivity index (χ3v) is 4.94. The number of H-pyrrole nitrogens is 1. The van der Waals surface area contributed by atoms with Gasteiger partial charge in [0, 0.05) is 28.0 Å². The zero-order valence-corrected chi connectivity index (χ0v) is 14.7. The summed E-state index contributed by atoms with van der Waals surface area (Å²) in [6.45, 7) is 5.46. The lowest BCUT2D eigenvalue weighted by molar-refractivity contribution is -0.119. The van der Waals surface area contributed by atoms with Crippen molar-refractivity contribution >= 4 is 34.1 Å². The van der Waals surface area contributed by atoms with E-state index in [4.69, 9.17) is 0 Å². The minimum absolute atomic E-state index is 0.0704. The average molecular weight is 351 g/mol. The van der Waals surface area contributed by atoms with Gasteiger partial charge in [-0.05, 0) is 62.7 Å². The van der Waals surface area contributed by atoms with Crippen molar-refractivity contribution in [1.29, 1.82) is 0 Å². The lowest BCUT2D eigenvalue weighted by Crippen LogP contribution is -2.26. The molecule has 0 spiro atoms. The molecule has 2 heterocycles. The molecule has 6 heteroatoms. The molecule has 132 valence electrons. The van der Waals surface area contributed by atoms with Crippen molar-refractivity contribution in [1.82, 2.24) is 4.98 Å². The van der Waals surface area contributed by atoms with Crippen LogP contribution in [0, 0.1) is 12.7 Å². The summed E-state index contributed by atoms with van der Waals surface area (Å²) in [6.07, 6.45) is 0. The highest BCUT2D eigenvalue weighted by atomic mass is 19.1. The smallest absolute Gasteiger partial charge is 0.258 e. The molecule has 0 radical (unpaired) electrons. The Hall–Kier alpha value is -3.15. The molecule has 0 fully saturated rings. The van der Waals surface area contributed by atoms with Gasteiger partial charge in [0.15, 0.2) is 0 Å². The zero-order valence-electron chi connectivity index (χ0n) is 14.7. The second kappa shape index (κ2) is 5.42. The molecule has 0 aliphatic carbocycles. The van der Waals surface area contributed by atoms with E-state index in [1.165, 1.54) is 12.1 Å². The first kappa shape index (κ1) is 16.3. The Morgan fingerprint density at radius 3 is 2.69 bits per heavy atom. The molecule has 2 amide bonds. The molecule has 2 aromatic carbocycles. The first-order chi connectivity index (χ1) is 12.3. The lowest BCUT2D eigenvalue weighted by Gasteiger charge is -2.16. The van der Waals surface area contributed by atoms with Crippen LogP contribution in [-0.2, 0) is 10.2 Å². The minimum Gasteiger partial charge on any atom is -0.358 e. The molecule has 1 aromatic heterocycles. The highest BCUT2D eigenvalue weighted by Gasteiger charge is 2.38. The van der Waals surface area contributed by atoms with E-state index in [9.17, 15) is 14.0 Å². The van der Waals surface area contributed by atoms with Gasteiger partial charge in [0.25, 0.3) is 5.91 Å². The molecule has 3 aromatic rings. The fourth-order valence-corrected chi connectivity index (χ4v) is 3.43. The Kier molecular flexibility index (Phi) is 3.41. The molecular weight excluding hydrogens is 333 g/mol. The van der Waals surface area contributed by atoms with E-state index in [1.54, 1.807) is 31.2 Å². The van der Waals surface area contributed by atoms with Crippen molar-refractivity contribution in [2.45, 2.75) is 26.2 Å². The number of benzene rings is 2. The van der Waals surface area contributed by atoms with Crippen molar-refractivity contribution in [3.8, 4) is 0 Å². The Morgan fingerprint density at radius 1 is 1.15 bits per heavy atom. The van der Waals surface area contributed by atoms with Crippen LogP contribution >= 0.6 is 0 Å². The van der Waals surface area contributed by atoms with E-state index in [1.807, 2.05) is 13.8 Å². The van der Waals surface area contributed by atoms with Gasteiger partial charge in [0.1, 0.15) is 5.82 Å². The van der Waals surface area contributed by atoms with Gasteiger partial charge in [-0.2, -0.15) is 0 Å². The number of rotatable bonds is 2. The number of amides is 2. The Labute approximate surface area is 149 Å². The molecule has 3 N–H and O–H groups in total. The monoisotopic (exact) mass is 351 g/mol. The van der Waals surface area contributed by atoms with Crippen LogP contribution in [0.2, 0.25) is 0 Å². The van der Waals surface area contributed by atoms with Gasteiger partial charge in [-0.25, -0.2) is 4.39 Å². The van der Waals surface area contributed by atoms with Gasteiger partial charge in [-0.15, -0.1) is 0 Å². The van der Waals surface area contributed by atoms with Crippen molar-refractivity contribution in [3.63, 3.8) is 0 Å². The van der Waals surface area contributed by atoms with Gasteiger partial charge < -0.3 is 15.6 Å². The summed E-state index contributed by atoms with van der Waals surface area (Å²) < 4.78 is 13.6. The number of aromatic nitrogens is 1. The summed E-state index contributed by atoms with van der Waals surface area (Å²) in [4.78, 5) is 28.0. The number of hydrogen-bond acceptors (Lipinski definition) is 2. The number of fused-ring (bicyclic) bond motifs is 2. The fraction of sp³-hybridized carbons (Fsp3) is 0.200. The largest absolute Gasteiger partial charge is 0.358 e. The zero-order chi connectivity index (χ0) is 18.6. The first-order valence-electron chi connectivity index (χ1n) is 8.32. The van der Waals surface area contributed by atoms with Crippen LogP contribution in [-0.4, -0.2) is 16.8 Å². The number of halogens is 1. The van der Waals surface area contributed by atoms with Crippen LogP contribution in [0.5, 0.6) is 0 Å². The summed E-state index contributed by atoms with van der Waals surface area (Å²) in [5, 5.41) is 6.24. The minimum atomic E-state index is -0.657. The van der Waals surface area contributed by atoms with E-state index < -0.39 is 11.2 Å². The van der Waals surface area contributed by atoms with Crippen LogP contribution in [0.4, 0.5) is 15.8 Å². The quantitative estimate of drug-likeness (QED) is 0.650. The lowest BCUT2D eigenvalue weighted by atomic mass is 9.86. The van der Waals surface area contributed by atoms with Gasteiger partial charge in [-0.3, -0.25) is 9.59 Å². The van der Waals surface area contributed by atoms with E-state index in [2.05, 4.69) is 15.6 Å². The number of anilines is 2. The summed E-state index contributed by atoms with van der Waals surface area (Å²) in [7, 11) is 0. The highest BCUT2D eigenvalue weighted by molar-refractivity contribution is 6.14. The topological polar surface area (TPSA) is 74.0 Å². The van der Waals surface area contributed by atoms with Crippen LogP contribution < -0.4 is 10.6 Å². The van der Waals surface area contributed by atoms with Crippen LogP contribution in [0.3, 0.4) is 0 Å². The molecule has 0 bridgehead atoms. The van der Waals surface area contributed by atoms with E-state index in [0.29, 0.717) is 27.8 Å². The van der Waals surface area contributed by atoms with Crippen molar-refractivity contribution in [2.75, 3.05) is 10.6 Å². The predicted octanol–water partition coefficient (Wildman–Crippen LogP) is 4.10. The molecule has 1 aliphatic heterocycles. The highest BCUT2D eigenvalue weighted by Crippen LogP contribution is 2.38. The molecule has 0 unspecified atom stereocenters. The standard InChI is InChI=1S/C20H18FN3O2/c1-10-17(13-8-11(21)4-6-15(13)22-10)18(25)23-12-5-7-16-14(9-12)20(2,3)19(26)24-16/h4-9,22H,1-3H3,(H,23,25)(H,24,26). The molecule has 0 saturated carbocycles. The Bertz CT molecular complexity index is 1080. The fourth-order valence-electron chi connectivity index (χ4n) is 3.43. The van der Waals surface area contributed by atoms with E-state index in [0.717, 1.165) is 11.3 Å². The van der Waals surface area contributed by atoms with Crippen LogP contribution in [0.25, 0.3) is 10.9 Å². The number of aryl methyl sites for hydroxylation is 1. The SMILES string of the molecule is Cc1[nH]c2ccc(F)cc2c1C(=O)Nc1ccc2c(c1)C(C)(C)C(=O)N2. The van der Waals surface area contributed by atoms with Crippen molar-refractivity contribution < 1.29 is 14.0 Å².